The Balaban J connectivity index is 1.90. The van der Waals surface area contributed by atoms with Gasteiger partial charge in [-0.3, -0.25) is 4.68 Å². The van der Waals surface area contributed by atoms with Crippen LogP contribution in [0.4, 0.5) is 0 Å². The Morgan fingerprint density at radius 3 is 2.93 bits per heavy atom. The van der Waals surface area contributed by atoms with Crippen molar-refractivity contribution in [1.82, 2.24) is 9.78 Å². The van der Waals surface area contributed by atoms with E-state index in [0.717, 1.165) is 25.4 Å². The molecule has 0 bridgehead atoms. The molecule has 2 aliphatic carbocycles. The Hall–Kier alpha value is -0.830. The Labute approximate surface area is 90.7 Å². The standard InChI is InChI=1S/C12H19N3/c13-7-6-12-10-2-1-3-11(10)14-15(12)8-9-4-5-9/h9H,1-8,13H2. The minimum atomic E-state index is 0.753. The van der Waals surface area contributed by atoms with Crippen LogP contribution >= 0.6 is 0 Å². The third-order valence-electron chi connectivity index (χ3n) is 3.60. The van der Waals surface area contributed by atoms with Gasteiger partial charge in [-0.05, 0) is 50.1 Å². The number of hydrogen-bond donors (Lipinski definition) is 1. The summed E-state index contributed by atoms with van der Waals surface area (Å²) in [7, 11) is 0. The van der Waals surface area contributed by atoms with Gasteiger partial charge in [0.05, 0.1) is 5.69 Å². The second-order valence-electron chi connectivity index (χ2n) is 4.89. The summed E-state index contributed by atoms with van der Waals surface area (Å²) in [6.45, 7) is 1.89. The molecule has 1 aromatic rings. The quantitative estimate of drug-likeness (QED) is 0.804. The van der Waals surface area contributed by atoms with Gasteiger partial charge in [0.15, 0.2) is 0 Å². The fourth-order valence-corrected chi connectivity index (χ4v) is 2.62. The van der Waals surface area contributed by atoms with Gasteiger partial charge in [-0.1, -0.05) is 0 Å². The van der Waals surface area contributed by atoms with Gasteiger partial charge in [0.2, 0.25) is 0 Å². The van der Waals surface area contributed by atoms with Crippen LogP contribution in [0.2, 0.25) is 0 Å². The van der Waals surface area contributed by atoms with E-state index in [4.69, 9.17) is 10.8 Å². The smallest absolute Gasteiger partial charge is 0.0659 e. The average molecular weight is 205 g/mol. The van der Waals surface area contributed by atoms with E-state index in [-0.39, 0.29) is 0 Å². The first kappa shape index (κ1) is 9.40. The van der Waals surface area contributed by atoms with Gasteiger partial charge in [0.1, 0.15) is 0 Å². The number of hydrogen-bond acceptors (Lipinski definition) is 2. The number of rotatable bonds is 4. The summed E-state index contributed by atoms with van der Waals surface area (Å²) in [5.41, 5.74) is 10.0. The second-order valence-corrected chi connectivity index (χ2v) is 4.89. The van der Waals surface area contributed by atoms with Gasteiger partial charge < -0.3 is 5.73 Å². The Bertz CT molecular complexity index is 363. The van der Waals surface area contributed by atoms with Gasteiger partial charge in [0, 0.05) is 18.7 Å². The Kier molecular flexibility index (Phi) is 2.28. The van der Waals surface area contributed by atoms with Crippen molar-refractivity contribution in [2.24, 2.45) is 11.7 Å². The number of aryl methyl sites for hydroxylation is 1. The third-order valence-corrected chi connectivity index (χ3v) is 3.60. The molecule has 0 unspecified atom stereocenters. The maximum absolute atomic E-state index is 5.69. The van der Waals surface area contributed by atoms with E-state index < -0.39 is 0 Å². The molecule has 1 heterocycles. The highest BCUT2D eigenvalue weighted by molar-refractivity contribution is 5.30. The van der Waals surface area contributed by atoms with E-state index in [1.165, 1.54) is 49.1 Å². The molecule has 0 atom stereocenters. The van der Waals surface area contributed by atoms with Crippen LogP contribution in [-0.4, -0.2) is 16.3 Å². The first-order valence-corrected chi connectivity index (χ1v) is 6.16. The third kappa shape index (κ3) is 1.69. The van der Waals surface area contributed by atoms with Crippen molar-refractivity contribution in [1.29, 1.82) is 0 Å². The highest BCUT2D eigenvalue weighted by Crippen LogP contribution is 2.33. The lowest BCUT2D eigenvalue weighted by molar-refractivity contribution is 0.530. The molecule has 0 amide bonds. The lowest BCUT2D eigenvalue weighted by atomic mass is 10.1. The SMILES string of the molecule is NCCc1c2c(nn1CC1CC1)CCC2. The summed E-state index contributed by atoms with van der Waals surface area (Å²) in [6.07, 6.45) is 7.51. The largest absolute Gasteiger partial charge is 0.330 e. The van der Waals surface area contributed by atoms with E-state index in [1.54, 1.807) is 0 Å². The van der Waals surface area contributed by atoms with Crippen molar-refractivity contribution in [3.05, 3.63) is 17.0 Å². The fraction of sp³-hybridized carbons (Fsp3) is 0.750. The van der Waals surface area contributed by atoms with Crippen molar-refractivity contribution in [3.63, 3.8) is 0 Å². The summed E-state index contributed by atoms with van der Waals surface area (Å²) >= 11 is 0. The molecule has 82 valence electrons. The highest BCUT2D eigenvalue weighted by Gasteiger charge is 2.26. The maximum Gasteiger partial charge on any atom is 0.0659 e. The number of nitrogens with zero attached hydrogens (tertiary/aromatic N) is 2. The van der Waals surface area contributed by atoms with E-state index >= 15 is 0 Å². The van der Waals surface area contributed by atoms with Crippen LogP contribution < -0.4 is 5.73 Å². The molecule has 0 aromatic carbocycles. The number of aromatic nitrogens is 2. The minimum Gasteiger partial charge on any atom is -0.330 e. The molecule has 0 spiro atoms. The summed E-state index contributed by atoms with van der Waals surface area (Å²) in [6, 6.07) is 0. The summed E-state index contributed by atoms with van der Waals surface area (Å²) in [5, 5.41) is 4.75. The molecule has 3 heteroatoms. The monoisotopic (exact) mass is 205 g/mol. The van der Waals surface area contributed by atoms with E-state index in [1.807, 2.05) is 0 Å². The highest BCUT2D eigenvalue weighted by atomic mass is 15.3. The van der Waals surface area contributed by atoms with Crippen LogP contribution in [0.25, 0.3) is 0 Å². The molecule has 3 nitrogen and oxygen atoms in total. The van der Waals surface area contributed by atoms with Gasteiger partial charge in [-0.25, -0.2) is 0 Å². The molecule has 2 N–H and O–H groups in total. The molecular weight excluding hydrogens is 186 g/mol. The first-order valence-electron chi connectivity index (χ1n) is 6.16. The van der Waals surface area contributed by atoms with Gasteiger partial charge in [-0.2, -0.15) is 5.10 Å². The Morgan fingerprint density at radius 1 is 1.33 bits per heavy atom. The molecule has 15 heavy (non-hydrogen) atoms. The van der Waals surface area contributed by atoms with Gasteiger partial charge in [-0.15, -0.1) is 0 Å². The molecule has 2 aliphatic rings. The van der Waals surface area contributed by atoms with Crippen LogP contribution in [0.15, 0.2) is 0 Å². The molecule has 1 fully saturated rings. The zero-order chi connectivity index (χ0) is 10.3. The van der Waals surface area contributed by atoms with Crippen LogP contribution in [0.5, 0.6) is 0 Å². The summed E-state index contributed by atoms with van der Waals surface area (Å²) < 4.78 is 2.26. The van der Waals surface area contributed by atoms with Crippen molar-refractivity contribution in [2.75, 3.05) is 6.54 Å². The normalized spacial score (nSPS) is 19.5. The van der Waals surface area contributed by atoms with Gasteiger partial charge in [0.25, 0.3) is 0 Å². The first-order chi connectivity index (χ1) is 7.38. The molecular formula is C12H19N3. The molecule has 0 aliphatic heterocycles. The van der Waals surface area contributed by atoms with Gasteiger partial charge >= 0.3 is 0 Å². The lowest BCUT2D eigenvalue weighted by Crippen LogP contribution is -2.12. The van der Waals surface area contributed by atoms with E-state index in [9.17, 15) is 0 Å². The topological polar surface area (TPSA) is 43.8 Å². The number of fused-ring (bicyclic) bond motifs is 1. The van der Waals surface area contributed by atoms with Crippen LogP contribution in [0.3, 0.4) is 0 Å². The van der Waals surface area contributed by atoms with Crippen molar-refractivity contribution in [2.45, 2.75) is 45.1 Å². The molecule has 1 aromatic heterocycles. The molecule has 1 saturated carbocycles. The van der Waals surface area contributed by atoms with Crippen LogP contribution in [0.1, 0.15) is 36.2 Å². The van der Waals surface area contributed by atoms with Crippen LogP contribution in [0, 0.1) is 5.92 Å². The Morgan fingerprint density at radius 2 is 2.20 bits per heavy atom. The summed E-state index contributed by atoms with van der Waals surface area (Å²) in [5.74, 6) is 0.904. The maximum atomic E-state index is 5.69. The fourth-order valence-electron chi connectivity index (χ4n) is 2.62. The van der Waals surface area contributed by atoms with Crippen molar-refractivity contribution >= 4 is 0 Å². The summed E-state index contributed by atoms with van der Waals surface area (Å²) in [4.78, 5) is 0. The zero-order valence-corrected chi connectivity index (χ0v) is 9.21. The predicted molar refractivity (Wildman–Crippen MR) is 59.7 cm³/mol. The minimum absolute atomic E-state index is 0.753. The molecule has 3 rings (SSSR count). The zero-order valence-electron chi connectivity index (χ0n) is 9.21. The van der Waals surface area contributed by atoms with Crippen molar-refractivity contribution in [3.8, 4) is 0 Å². The predicted octanol–water partition coefficient (Wildman–Crippen LogP) is 1.28. The van der Waals surface area contributed by atoms with E-state index in [0.29, 0.717) is 0 Å². The number of nitrogens with two attached hydrogens (primary N) is 1. The molecule has 0 radical (unpaired) electrons. The molecule has 0 saturated heterocycles. The average Bonchev–Trinajstić information content (AvgIpc) is 2.81. The van der Waals surface area contributed by atoms with Crippen molar-refractivity contribution < 1.29 is 0 Å². The second kappa shape index (κ2) is 3.63. The van der Waals surface area contributed by atoms with E-state index in [2.05, 4.69) is 4.68 Å². The van der Waals surface area contributed by atoms with Crippen LogP contribution in [-0.2, 0) is 25.8 Å². The lowest BCUT2D eigenvalue weighted by Gasteiger charge is -2.07.